The summed E-state index contributed by atoms with van der Waals surface area (Å²) in [6, 6.07) is 4.88. The maximum absolute atomic E-state index is 13.4. The number of H-pyrrole nitrogens is 1. The first-order valence-electron chi connectivity index (χ1n) is 9.17. The summed E-state index contributed by atoms with van der Waals surface area (Å²) in [5.74, 6) is 1.34. The maximum atomic E-state index is 13.4. The van der Waals surface area contributed by atoms with Gasteiger partial charge in [-0.15, -0.1) is 0 Å². The summed E-state index contributed by atoms with van der Waals surface area (Å²) in [5.41, 5.74) is 2.64. The zero-order chi connectivity index (χ0) is 17.9. The van der Waals surface area contributed by atoms with Crippen molar-refractivity contribution < 1.29 is 4.39 Å². The largest absolute Gasteiger partial charge is 0.354 e. The molecule has 0 radical (unpaired) electrons. The van der Waals surface area contributed by atoms with Crippen LogP contribution in [0.5, 0.6) is 0 Å². The molecule has 0 saturated carbocycles. The van der Waals surface area contributed by atoms with Gasteiger partial charge in [-0.25, -0.2) is 19.3 Å². The molecule has 0 aliphatic carbocycles. The molecule has 3 heterocycles. The number of nitrogens with one attached hydrogen (secondary N) is 2. The molecule has 1 aliphatic heterocycles. The Labute approximate surface area is 151 Å². The number of anilines is 1. The number of benzene rings is 1. The number of nitrogens with zero attached hydrogens (tertiary/aromatic N) is 4. The molecule has 2 aromatic heterocycles. The van der Waals surface area contributed by atoms with Gasteiger partial charge in [0.15, 0.2) is 0 Å². The molecular formula is C19H23FN6. The number of imidazole rings is 1. The molecule has 1 aliphatic rings. The smallest absolute Gasteiger partial charge is 0.222 e. The van der Waals surface area contributed by atoms with Gasteiger partial charge >= 0.3 is 0 Å². The highest BCUT2D eigenvalue weighted by Gasteiger charge is 2.28. The summed E-state index contributed by atoms with van der Waals surface area (Å²) < 4.78 is 13.4. The number of aromatic amines is 1. The second kappa shape index (κ2) is 7.37. The van der Waals surface area contributed by atoms with Crippen LogP contribution in [0.15, 0.2) is 30.6 Å². The van der Waals surface area contributed by atoms with Crippen molar-refractivity contribution in [3.8, 4) is 0 Å². The van der Waals surface area contributed by atoms with Gasteiger partial charge in [0.2, 0.25) is 5.95 Å². The number of hydrogen-bond acceptors (Lipinski definition) is 5. The quantitative estimate of drug-likeness (QED) is 0.707. The van der Waals surface area contributed by atoms with Crippen molar-refractivity contribution in [2.75, 3.05) is 18.4 Å². The third-order valence-electron chi connectivity index (χ3n) is 4.77. The van der Waals surface area contributed by atoms with E-state index < -0.39 is 0 Å². The first-order chi connectivity index (χ1) is 12.7. The maximum Gasteiger partial charge on any atom is 0.222 e. The normalized spacial score (nSPS) is 17.8. The molecule has 6 nitrogen and oxygen atoms in total. The Hall–Kier alpha value is -2.54. The Morgan fingerprint density at radius 1 is 1.31 bits per heavy atom. The van der Waals surface area contributed by atoms with E-state index in [-0.39, 0.29) is 11.9 Å². The van der Waals surface area contributed by atoms with Crippen LogP contribution in [0.4, 0.5) is 10.3 Å². The standard InChI is InChI=1S/C19H23FN6/c1-2-7-21-19-22-10-13(11-23-19)12-26-8-3-4-17(26)18-24-15-6-5-14(20)9-16(15)25-18/h5-6,9-11,17H,2-4,7-8,12H2,1H3,(H,24,25)(H,21,22,23)/t17-/m0/s1. The van der Waals surface area contributed by atoms with Crippen LogP contribution in [0, 0.1) is 5.82 Å². The van der Waals surface area contributed by atoms with Gasteiger partial charge in [0.05, 0.1) is 17.1 Å². The zero-order valence-corrected chi connectivity index (χ0v) is 14.9. The third-order valence-corrected chi connectivity index (χ3v) is 4.77. The van der Waals surface area contributed by atoms with Crippen LogP contribution in [0.25, 0.3) is 11.0 Å². The van der Waals surface area contributed by atoms with Crippen molar-refractivity contribution in [3.05, 3.63) is 47.8 Å². The topological polar surface area (TPSA) is 69.7 Å². The number of aromatic nitrogens is 4. The fourth-order valence-electron chi connectivity index (χ4n) is 3.48. The van der Waals surface area contributed by atoms with Crippen molar-refractivity contribution in [3.63, 3.8) is 0 Å². The molecule has 1 atom stereocenters. The number of rotatable bonds is 6. The zero-order valence-electron chi connectivity index (χ0n) is 14.9. The minimum absolute atomic E-state index is 0.211. The molecule has 0 spiro atoms. The van der Waals surface area contributed by atoms with E-state index in [0.717, 1.165) is 61.3 Å². The number of fused-ring (bicyclic) bond motifs is 1. The molecule has 1 aromatic carbocycles. The molecule has 2 N–H and O–H groups in total. The van der Waals surface area contributed by atoms with Gasteiger partial charge in [-0.1, -0.05) is 6.92 Å². The molecule has 26 heavy (non-hydrogen) atoms. The SMILES string of the molecule is CCCNc1ncc(CN2CCC[C@H]2c2nc3ccc(F)cc3[nH]2)cn1. The highest BCUT2D eigenvalue weighted by Crippen LogP contribution is 2.32. The van der Waals surface area contributed by atoms with Crippen LogP contribution in [0.1, 0.15) is 43.6 Å². The Morgan fingerprint density at radius 3 is 2.96 bits per heavy atom. The first-order valence-corrected chi connectivity index (χ1v) is 9.17. The van der Waals surface area contributed by atoms with Gasteiger partial charge in [-0.3, -0.25) is 4.90 Å². The van der Waals surface area contributed by atoms with Gasteiger partial charge in [0.1, 0.15) is 11.6 Å². The summed E-state index contributed by atoms with van der Waals surface area (Å²) in [5, 5.41) is 3.19. The van der Waals surface area contributed by atoms with Crippen LogP contribution in [-0.2, 0) is 6.54 Å². The number of likely N-dealkylation sites (tertiary alicyclic amines) is 1. The highest BCUT2D eigenvalue weighted by atomic mass is 19.1. The summed E-state index contributed by atoms with van der Waals surface area (Å²) >= 11 is 0. The molecule has 136 valence electrons. The highest BCUT2D eigenvalue weighted by molar-refractivity contribution is 5.75. The number of halogens is 1. The van der Waals surface area contributed by atoms with Crippen molar-refractivity contribution in [2.24, 2.45) is 0 Å². The van der Waals surface area contributed by atoms with Gasteiger partial charge in [-0.05, 0) is 44.0 Å². The lowest BCUT2D eigenvalue weighted by atomic mass is 10.2. The van der Waals surface area contributed by atoms with E-state index >= 15 is 0 Å². The predicted octanol–water partition coefficient (Wildman–Crippen LogP) is 3.65. The molecule has 0 bridgehead atoms. The fourth-order valence-corrected chi connectivity index (χ4v) is 3.48. The van der Waals surface area contributed by atoms with Crippen molar-refractivity contribution in [1.82, 2.24) is 24.8 Å². The van der Waals surface area contributed by atoms with Crippen molar-refractivity contribution in [2.45, 2.75) is 38.8 Å². The van der Waals surface area contributed by atoms with E-state index in [2.05, 4.69) is 37.1 Å². The van der Waals surface area contributed by atoms with Crippen LogP contribution in [-0.4, -0.2) is 37.9 Å². The predicted molar refractivity (Wildman–Crippen MR) is 99.2 cm³/mol. The Bertz CT molecular complexity index is 875. The molecule has 4 rings (SSSR count). The van der Waals surface area contributed by atoms with Crippen molar-refractivity contribution >= 4 is 17.0 Å². The molecular weight excluding hydrogens is 331 g/mol. The average molecular weight is 354 g/mol. The van der Waals surface area contributed by atoms with E-state index in [9.17, 15) is 4.39 Å². The minimum Gasteiger partial charge on any atom is -0.354 e. The molecule has 7 heteroatoms. The van der Waals surface area contributed by atoms with Gasteiger partial charge in [-0.2, -0.15) is 0 Å². The van der Waals surface area contributed by atoms with Gasteiger partial charge in [0, 0.05) is 31.0 Å². The van der Waals surface area contributed by atoms with Crippen LogP contribution < -0.4 is 5.32 Å². The first kappa shape index (κ1) is 16.9. The van der Waals surface area contributed by atoms with Gasteiger partial charge in [0.25, 0.3) is 0 Å². The Balaban J connectivity index is 1.49. The molecule has 0 unspecified atom stereocenters. The number of hydrogen-bond donors (Lipinski definition) is 2. The minimum atomic E-state index is -0.245. The van der Waals surface area contributed by atoms with E-state index in [1.54, 1.807) is 6.07 Å². The summed E-state index contributed by atoms with van der Waals surface area (Å²) in [4.78, 5) is 19.1. The molecule has 0 amide bonds. The van der Waals surface area contributed by atoms with E-state index in [1.807, 2.05) is 12.4 Å². The molecule has 3 aromatic rings. The van der Waals surface area contributed by atoms with Gasteiger partial charge < -0.3 is 10.3 Å². The average Bonchev–Trinajstić information content (AvgIpc) is 3.27. The molecule has 1 fully saturated rings. The lowest BCUT2D eigenvalue weighted by molar-refractivity contribution is 0.240. The fraction of sp³-hybridized carbons (Fsp3) is 0.421. The monoisotopic (exact) mass is 354 g/mol. The lowest BCUT2D eigenvalue weighted by Gasteiger charge is -2.22. The summed E-state index contributed by atoms with van der Waals surface area (Å²) in [6.45, 7) is 4.78. The van der Waals surface area contributed by atoms with E-state index in [1.165, 1.54) is 12.1 Å². The molecule has 1 saturated heterocycles. The van der Waals surface area contributed by atoms with E-state index in [0.29, 0.717) is 5.95 Å². The second-order valence-electron chi connectivity index (χ2n) is 6.75. The van der Waals surface area contributed by atoms with Crippen molar-refractivity contribution in [1.29, 1.82) is 0 Å². The summed E-state index contributed by atoms with van der Waals surface area (Å²) in [6.07, 6.45) is 6.97. The Morgan fingerprint density at radius 2 is 2.15 bits per heavy atom. The van der Waals surface area contributed by atoms with Crippen LogP contribution in [0.2, 0.25) is 0 Å². The lowest BCUT2D eigenvalue weighted by Crippen LogP contribution is -2.23. The summed E-state index contributed by atoms with van der Waals surface area (Å²) in [7, 11) is 0. The third kappa shape index (κ3) is 3.53. The second-order valence-corrected chi connectivity index (χ2v) is 6.75. The van der Waals surface area contributed by atoms with E-state index in [4.69, 9.17) is 0 Å². The van der Waals surface area contributed by atoms with Crippen LogP contribution in [0.3, 0.4) is 0 Å². The Kier molecular flexibility index (Phi) is 4.79. The van der Waals surface area contributed by atoms with Crippen LogP contribution >= 0.6 is 0 Å².